The van der Waals surface area contributed by atoms with Crippen LogP contribution in [-0.4, -0.2) is 49.7 Å². The van der Waals surface area contributed by atoms with Gasteiger partial charge in [0.25, 0.3) is 0 Å². The van der Waals surface area contributed by atoms with Gasteiger partial charge in [0.05, 0.1) is 12.0 Å². The Balaban J connectivity index is 1.96. The lowest BCUT2D eigenvalue weighted by molar-refractivity contribution is -0.140. The second-order valence-corrected chi connectivity index (χ2v) is 5.54. The number of likely N-dealkylation sites (tertiary alicyclic amines) is 1. The minimum atomic E-state index is 0.0974. The molecule has 0 aromatic rings. The van der Waals surface area contributed by atoms with Crippen molar-refractivity contribution in [2.45, 2.75) is 51.2 Å². The maximum atomic E-state index is 12.6. The van der Waals surface area contributed by atoms with Gasteiger partial charge < -0.3 is 15.0 Å². The SMILES string of the molecule is CNCCC1CCCCN1C(=O)C1CCOC1C. The lowest BCUT2D eigenvalue weighted by Gasteiger charge is -2.38. The first-order valence-corrected chi connectivity index (χ1v) is 7.30. The van der Waals surface area contributed by atoms with Crippen LogP contribution >= 0.6 is 0 Å². The first-order valence-electron chi connectivity index (χ1n) is 7.30. The van der Waals surface area contributed by atoms with E-state index < -0.39 is 0 Å². The molecule has 0 radical (unpaired) electrons. The molecule has 3 unspecified atom stereocenters. The Morgan fingerprint density at radius 1 is 1.39 bits per heavy atom. The average Bonchev–Trinajstić information content (AvgIpc) is 2.82. The van der Waals surface area contributed by atoms with Crippen LogP contribution in [-0.2, 0) is 9.53 Å². The second-order valence-electron chi connectivity index (χ2n) is 5.54. The number of carbonyl (C=O) groups excluding carboxylic acids is 1. The molecule has 1 amide bonds. The van der Waals surface area contributed by atoms with E-state index in [1.165, 1.54) is 6.42 Å². The van der Waals surface area contributed by atoms with Gasteiger partial charge in [0, 0.05) is 19.2 Å². The van der Waals surface area contributed by atoms with E-state index in [1.54, 1.807) is 0 Å². The van der Waals surface area contributed by atoms with Gasteiger partial charge in [-0.2, -0.15) is 0 Å². The first kappa shape index (κ1) is 13.8. The molecule has 2 saturated heterocycles. The molecule has 2 aliphatic rings. The van der Waals surface area contributed by atoms with Crippen LogP contribution < -0.4 is 5.32 Å². The number of carbonyl (C=O) groups is 1. The lowest BCUT2D eigenvalue weighted by Crippen LogP contribution is -2.48. The maximum absolute atomic E-state index is 12.6. The van der Waals surface area contributed by atoms with E-state index >= 15 is 0 Å². The summed E-state index contributed by atoms with van der Waals surface area (Å²) in [6.07, 6.45) is 5.65. The van der Waals surface area contributed by atoms with Crippen LogP contribution in [0.15, 0.2) is 0 Å². The molecule has 4 nitrogen and oxygen atoms in total. The molecule has 2 rings (SSSR count). The average molecular weight is 254 g/mol. The van der Waals surface area contributed by atoms with Crippen LogP contribution in [0, 0.1) is 5.92 Å². The lowest BCUT2D eigenvalue weighted by atomic mass is 9.94. The Kier molecular flexibility index (Phi) is 5.01. The van der Waals surface area contributed by atoms with Crippen molar-refractivity contribution in [1.82, 2.24) is 10.2 Å². The highest BCUT2D eigenvalue weighted by Gasteiger charge is 2.36. The van der Waals surface area contributed by atoms with Crippen molar-refractivity contribution in [3.05, 3.63) is 0 Å². The van der Waals surface area contributed by atoms with E-state index in [1.807, 2.05) is 14.0 Å². The van der Waals surface area contributed by atoms with E-state index in [0.29, 0.717) is 11.9 Å². The molecule has 0 aliphatic carbocycles. The van der Waals surface area contributed by atoms with Crippen molar-refractivity contribution in [1.29, 1.82) is 0 Å². The van der Waals surface area contributed by atoms with Crippen molar-refractivity contribution in [3.8, 4) is 0 Å². The monoisotopic (exact) mass is 254 g/mol. The normalized spacial score (nSPS) is 32.8. The van der Waals surface area contributed by atoms with Crippen molar-refractivity contribution in [3.63, 3.8) is 0 Å². The van der Waals surface area contributed by atoms with Crippen LogP contribution in [0.25, 0.3) is 0 Å². The van der Waals surface area contributed by atoms with Crippen LogP contribution in [0.2, 0.25) is 0 Å². The second kappa shape index (κ2) is 6.53. The molecule has 3 atom stereocenters. The van der Waals surface area contributed by atoms with Gasteiger partial charge in [-0.3, -0.25) is 4.79 Å². The summed E-state index contributed by atoms with van der Waals surface area (Å²) in [5.74, 6) is 0.431. The molecule has 2 aliphatic heterocycles. The Morgan fingerprint density at radius 2 is 2.22 bits per heavy atom. The van der Waals surface area contributed by atoms with E-state index in [2.05, 4.69) is 10.2 Å². The fraction of sp³-hybridized carbons (Fsp3) is 0.929. The standard InChI is InChI=1S/C14H26N2O2/c1-11-13(7-10-18-11)14(17)16-9-4-3-5-12(16)6-8-15-2/h11-13,15H,3-10H2,1-2H3. The molecular weight excluding hydrogens is 228 g/mol. The number of nitrogens with one attached hydrogen (secondary N) is 1. The third kappa shape index (κ3) is 3.04. The summed E-state index contributed by atoms with van der Waals surface area (Å²) in [6, 6.07) is 0.437. The Labute approximate surface area is 110 Å². The Bertz CT molecular complexity index is 283. The van der Waals surface area contributed by atoms with Gasteiger partial charge in [0.1, 0.15) is 0 Å². The Morgan fingerprint density at radius 3 is 2.89 bits per heavy atom. The molecule has 104 valence electrons. The summed E-state index contributed by atoms with van der Waals surface area (Å²) < 4.78 is 5.53. The highest BCUT2D eigenvalue weighted by molar-refractivity contribution is 5.80. The van der Waals surface area contributed by atoms with E-state index in [9.17, 15) is 4.79 Å². The molecule has 0 spiro atoms. The van der Waals surface area contributed by atoms with E-state index in [0.717, 1.165) is 45.4 Å². The predicted molar refractivity (Wildman–Crippen MR) is 71.4 cm³/mol. The topological polar surface area (TPSA) is 41.6 Å². The Hall–Kier alpha value is -0.610. The number of nitrogens with zero attached hydrogens (tertiary/aromatic N) is 1. The summed E-state index contributed by atoms with van der Waals surface area (Å²) in [6.45, 7) is 4.70. The number of amides is 1. The molecule has 0 aromatic carbocycles. The smallest absolute Gasteiger partial charge is 0.228 e. The first-order chi connectivity index (χ1) is 8.74. The van der Waals surface area contributed by atoms with Gasteiger partial charge in [-0.05, 0) is 52.6 Å². The third-order valence-electron chi connectivity index (χ3n) is 4.33. The van der Waals surface area contributed by atoms with Gasteiger partial charge in [0.2, 0.25) is 5.91 Å². The molecule has 1 N–H and O–H groups in total. The van der Waals surface area contributed by atoms with Crippen LogP contribution in [0.4, 0.5) is 0 Å². The summed E-state index contributed by atoms with van der Waals surface area (Å²) in [5, 5.41) is 3.19. The van der Waals surface area contributed by atoms with Gasteiger partial charge in [0.15, 0.2) is 0 Å². The van der Waals surface area contributed by atoms with Crippen LogP contribution in [0.5, 0.6) is 0 Å². The van der Waals surface area contributed by atoms with Crippen LogP contribution in [0.3, 0.4) is 0 Å². The van der Waals surface area contributed by atoms with Crippen molar-refractivity contribution in [2.75, 3.05) is 26.7 Å². The zero-order chi connectivity index (χ0) is 13.0. The van der Waals surface area contributed by atoms with Gasteiger partial charge in [-0.25, -0.2) is 0 Å². The van der Waals surface area contributed by atoms with E-state index in [-0.39, 0.29) is 12.0 Å². The summed E-state index contributed by atoms with van der Waals surface area (Å²) in [5.41, 5.74) is 0. The minimum absolute atomic E-state index is 0.0974. The van der Waals surface area contributed by atoms with Gasteiger partial charge in [-0.15, -0.1) is 0 Å². The van der Waals surface area contributed by atoms with E-state index in [4.69, 9.17) is 4.74 Å². The van der Waals surface area contributed by atoms with Gasteiger partial charge >= 0.3 is 0 Å². The third-order valence-corrected chi connectivity index (χ3v) is 4.33. The summed E-state index contributed by atoms with van der Waals surface area (Å²) in [4.78, 5) is 14.7. The minimum Gasteiger partial charge on any atom is -0.378 e. The largest absolute Gasteiger partial charge is 0.378 e. The number of hydrogen-bond donors (Lipinski definition) is 1. The van der Waals surface area contributed by atoms with Crippen molar-refractivity contribution < 1.29 is 9.53 Å². The number of ether oxygens (including phenoxy) is 1. The molecule has 18 heavy (non-hydrogen) atoms. The highest BCUT2D eigenvalue weighted by Crippen LogP contribution is 2.27. The molecular formula is C14H26N2O2. The number of rotatable bonds is 4. The molecule has 2 fully saturated rings. The quantitative estimate of drug-likeness (QED) is 0.824. The van der Waals surface area contributed by atoms with Gasteiger partial charge in [-0.1, -0.05) is 0 Å². The fourth-order valence-electron chi connectivity index (χ4n) is 3.17. The molecule has 0 bridgehead atoms. The molecule has 4 heteroatoms. The molecule has 0 aromatic heterocycles. The van der Waals surface area contributed by atoms with Crippen molar-refractivity contribution in [2.24, 2.45) is 5.92 Å². The highest BCUT2D eigenvalue weighted by atomic mass is 16.5. The van der Waals surface area contributed by atoms with Crippen LogP contribution in [0.1, 0.15) is 39.0 Å². The van der Waals surface area contributed by atoms with Crippen molar-refractivity contribution >= 4 is 5.91 Å². The number of hydrogen-bond acceptors (Lipinski definition) is 3. The zero-order valence-corrected chi connectivity index (χ0v) is 11.7. The molecule has 2 heterocycles. The maximum Gasteiger partial charge on any atom is 0.228 e. The zero-order valence-electron chi connectivity index (χ0n) is 11.7. The summed E-state index contributed by atoms with van der Waals surface area (Å²) >= 11 is 0. The number of piperidine rings is 1. The molecule has 0 saturated carbocycles. The summed E-state index contributed by atoms with van der Waals surface area (Å²) in [7, 11) is 1.97. The predicted octanol–water partition coefficient (Wildman–Crippen LogP) is 1.40. The fourth-order valence-corrected chi connectivity index (χ4v) is 3.17.